The fraction of sp³-hybridized carbons (Fsp3) is 0.414. The molecule has 3 heteroatoms. The van der Waals surface area contributed by atoms with E-state index in [9.17, 15) is 9.90 Å². The van der Waals surface area contributed by atoms with E-state index in [1.807, 2.05) is 12.1 Å². The van der Waals surface area contributed by atoms with Gasteiger partial charge in [-0.2, -0.15) is 0 Å². The molecule has 0 saturated heterocycles. The molecule has 3 atom stereocenters. The second-order valence-corrected chi connectivity index (χ2v) is 10.5. The number of benzene rings is 3. The van der Waals surface area contributed by atoms with Crippen molar-refractivity contribution in [2.24, 2.45) is 23.7 Å². The minimum atomic E-state index is -0.888. The molecule has 0 heterocycles. The largest absolute Gasteiger partial charge is 0.496 e. The number of aromatic carboxylic acids is 1. The zero-order chi connectivity index (χ0) is 22.0. The van der Waals surface area contributed by atoms with E-state index in [1.165, 1.54) is 48.8 Å². The van der Waals surface area contributed by atoms with Crippen LogP contribution in [0.1, 0.15) is 54.9 Å². The van der Waals surface area contributed by atoms with Crippen LogP contribution in [0, 0.1) is 23.7 Å². The Morgan fingerprint density at radius 3 is 2.28 bits per heavy atom. The van der Waals surface area contributed by atoms with E-state index in [1.54, 1.807) is 19.2 Å². The molecule has 0 amide bonds. The highest BCUT2D eigenvalue weighted by atomic mass is 16.5. The summed E-state index contributed by atoms with van der Waals surface area (Å²) in [5.41, 5.74) is 4.36. The van der Waals surface area contributed by atoms with Crippen molar-refractivity contribution in [2.75, 3.05) is 7.11 Å². The van der Waals surface area contributed by atoms with Gasteiger partial charge in [0.05, 0.1) is 12.7 Å². The number of rotatable bonds is 4. The Kier molecular flexibility index (Phi) is 4.40. The minimum absolute atomic E-state index is 0.239. The molecular formula is C29H30O3. The third-order valence-electron chi connectivity index (χ3n) is 8.98. The lowest BCUT2D eigenvalue weighted by Gasteiger charge is -2.61. The fourth-order valence-electron chi connectivity index (χ4n) is 7.59. The molecule has 3 aromatic rings. The van der Waals surface area contributed by atoms with E-state index < -0.39 is 5.97 Å². The number of hydrogen-bond donors (Lipinski definition) is 1. The summed E-state index contributed by atoms with van der Waals surface area (Å²) >= 11 is 0. The highest BCUT2D eigenvalue weighted by Crippen LogP contribution is 2.64. The van der Waals surface area contributed by atoms with Gasteiger partial charge in [0.25, 0.3) is 0 Å². The summed E-state index contributed by atoms with van der Waals surface area (Å²) in [5, 5.41) is 11.3. The molecule has 7 rings (SSSR count). The van der Waals surface area contributed by atoms with Crippen LogP contribution >= 0.6 is 0 Å². The van der Waals surface area contributed by atoms with Gasteiger partial charge < -0.3 is 9.84 Å². The SMILES string of the molecule is COc1ccc(-c2ccc3cc(C(=O)O)ccc3c2)cc1C12CC3CC(CC(C3)[C@@H]1C)C2. The first-order valence-corrected chi connectivity index (χ1v) is 11.9. The van der Waals surface area contributed by atoms with Crippen LogP contribution < -0.4 is 4.74 Å². The molecule has 2 unspecified atom stereocenters. The average Bonchev–Trinajstić information content (AvgIpc) is 2.80. The zero-order valence-corrected chi connectivity index (χ0v) is 18.8. The van der Waals surface area contributed by atoms with Crippen LogP contribution in [0.4, 0.5) is 0 Å². The van der Waals surface area contributed by atoms with E-state index >= 15 is 0 Å². The highest BCUT2D eigenvalue weighted by molar-refractivity contribution is 5.95. The van der Waals surface area contributed by atoms with Gasteiger partial charge in [-0.25, -0.2) is 4.79 Å². The van der Waals surface area contributed by atoms with E-state index in [4.69, 9.17) is 4.74 Å². The van der Waals surface area contributed by atoms with Crippen LogP contribution in [-0.2, 0) is 5.41 Å². The van der Waals surface area contributed by atoms with Gasteiger partial charge in [0.15, 0.2) is 0 Å². The van der Waals surface area contributed by atoms with E-state index in [0.29, 0.717) is 11.5 Å². The molecule has 4 aliphatic carbocycles. The number of ether oxygens (including phenoxy) is 1. The first-order chi connectivity index (χ1) is 15.5. The van der Waals surface area contributed by atoms with Gasteiger partial charge in [0, 0.05) is 11.0 Å². The monoisotopic (exact) mass is 426 g/mol. The van der Waals surface area contributed by atoms with Crippen molar-refractivity contribution in [1.29, 1.82) is 0 Å². The van der Waals surface area contributed by atoms with Crippen molar-refractivity contribution in [1.82, 2.24) is 0 Å². The third-order valence-corrected chi connectivity index (χ3v) is 8.98. The van der Waals surface area contributed by atoms with Crippen molar-refractivity contribution in [3.8, 4) is 16.9 Å². The van der Waals surface area contributed by atoms with Gasteiger partial charge in [-0.15, -0.1) is 0 Å². The van der Waals surface area contributed by atoms with E-state index in [0.717, 1.165) is 34.3 Å². The van der Waals surface area contributed by atoms with E-state index in [-0.39, 0.29) is 5.41 Å². The number of fused-ring (bicyclic) bond motifs is 1. The number of carboxylic acids is 1. The van der Waals surface area contributed by atoms with Crippen LogP contribution in [0.2, 0.25) is 0 Å². The zero-order valence-electron chi connectivity index (χ0n) is 18.8. The summed E-state index contributed by atoms with van der Waals surface area (Å²) in [4.78, 5) is 11.3. The molecule has 4 fully saturated rings. The molecule has 3 nitrogen and oxygen atoms in total. The average molecular weight is 427 g/mol. The third kappa shape index (κ3) is 2.90. The van der Waals surface area contributed by atoms with Crippen LogP contribution in [0.3, 0.4) is 0 Å². The van der Waals surface area contributed by atoms with Gasteiger partial charge >= 0.3 is 5.97 Å². The van der Waals surface area contributed by atoms with Crippen molar-refractivity contribution < 1.29 is 14.6 Å². The molecule has 0 radical (unpaired) electrons. The molecule has 0 spiro atoms. The Balaban J connectivity index is 1.45. The lowest BCUT2D eigenvalue weighted by Crippen LogP contribution is -2.54. The molecule has 4 saturated carbocycles. The molecule has 3 aromatic carbocycles. The molecule has 0 aromatic heterocycles. The predicted molar refractivity (Wildman–Crippen MR) is 127 cm³/mol. The summed E-state index contributed by atoms with van der Waals surface area (Å²) in [7, 11) is 1.81. The molecular weight excluding hydrogens is 396 g/mol. The quantitative estimate of drug-likeness (QED) is 0.492. The van der Waals surface area contributed by atoms with Crippen LogP contribution in [-0.4, -0.2) is 18.2 Å². The number of methoxy groups -OCH3 is 1. The predicted octanol–water partition coefficient (Wildman–Crippen LogP) is 6.93. The molecule has 1 N–H and O–H groups in total. The smallest absolute Gasteiger partial charge is 0.335 e. The fourth-order valence-corrected chi connectivity index (χ4v) is 7.59. The van der Waals surface area contributed by atoms with Crippen molar-refractivity contribution in [2.45, 2.75) is 44.4 Å². The Hall–Kier alpha value is -2.81. The second-order valence-electron chi connectivity index (χ2n) is 10.5. The van der Waals surface area contributed by atoms with Crippen molar-refractivity contribution in [3.63, 3.8) is 0 Å². The molecule has 0 aliphatic heterocycles. The number of hydrogen-bond acceptors (Lipinski definition) is 2. The molecule has 4 bridgehead atoms. The maximum absolute atomic E-state index is 11.3. The normalized spacial score (nSPS) is 30.6. The van der Waals surface area contributed by atoms with Crippen molar-refractivity contribution >= 4 is 16.7 Å². The van der Waals surface area contributed by atoms with Gasteiger partial charge in [-0.05, 0) is 108 Å². The van der Waals surface area contributed by atoms with Gasteiger partial charge in [0.2, 0.25) is 0 Å². The lowest BCUT2D eigenvalue weighted by atomic mass is 9.44. The first-order valence-electron chi connectivity index (χ1n) is 11.9. The summed E-state index contributed by atoms with van der Waals surface area (Å²) in [6.07, 6.45) is 6.87. The number of carbonyl (C=O) groups is 1. The minimum Gasteiger partial charge on any atom is -0.496 e. The summed E-state index contributed by atoms with van der Waals surface area (Å²) < 4.78 is 5.92. The van der Waals surface area contributed by atoms with Gasteiger partial charge in [-0.1, -0.05) is 31.2 Å². The van der Waals surface area contributed by atoms with Crippen LogP contribution in [0.15, 0.2) is 54.6 Å². The maximum Gasteiger partial charge on any atom is 0.335 e. The molecule has 32 heavy (non-hydrogen) atoms. The van der Waals surface area contributed by atoms with Crippen LogP contribution in [0.5, 0.6) is 5.75 Å². The maximum atomic E-state index is 11.3. The Labute approximate surface area is 189 Å². The second kappa shape index (κ2) is 7.10. The Morgan fingerprint density at radius 2 is 1.56 bits per heavy atom. The number of carboxylic acid groups (broad SMARTS) is 1. The summed E-state index contributed by atoms with van der Waals surface area (Å²) in [5.74, 6) is 3.46. The molecule has 4 aliphatic rings. The van der Waals surface area contributed by atoms with Gasteiger partial charge in [-0.3, -0.25) is 0 Å². The Morgan fingerprint density at radius 1 is 0.906 bits per heavy atom. The van der Waals surface area contributed by atoms with Gasteiger partial charge in [0.1, 0.15) is 5.75 Å². The van der Waals surface area contributed by atoms with Crippen LogP contribution in [0.25, 0.3) is 21.9 Å². The van der Waals surface area contributed by atoms with Crippen molar-refractivity contribution in [3.05, 3.63) is 65.7 Å². The standard InChI is InChI=1S/C29H30O3/c1-17-25-10-18-9-19(11-25)16-29(17,15-18)26-14-23(7-8-27(26)32-2)21-3-4-22-13-24(28(30)31)6-5-20(22)12-21/h3-8,12-14,17-19,25H,9-11,15-16H2,1-2H3,(H,30,31)/t17-,18?,19?,25?,29?/m0/s1. The molecule has 164 valence electrons. The first kappa shape index (κ1) is 19.8. The highest BCUT2D eigenvalue weighted by Gasteiger charge is 2.56. The lowest BCUT2D eigenvalue weighted by molar-refractivity contribution is -0.0545. The summed E-state index contributed by atoms with van der Waals surface area (Å²) in [6, 6.07) is 18.4. The topological polar surface area (TPSA) is 46.5 Å². The van der Waals surface area contributed by atoms with E-state index in [2.05, 4.69) is 37.3 Å². The Bertz CT molecular complexity index is 1210. The summed E-state index contributed by atoms with van der Waals surface area (Å²) in [6.45, 7) is 2.49.